The van der Waals surface area contributed by atoms with Crippen LogP contribution in [0.2, 0.25) is 13.1 Å². The molecule has 1 aliphatic rings. The summed E-state index contributed by atoms with van der Waals surface area (Å²) in [5, 5.41) is -0.0648. The second-order valence-electron chi connectivity index (χ2n) is 5.30. The summed E-state index contributed by atoms with van der Waals surface area (Å²) in [7, 11) is -2.73. The Balaban J connectivity index is 2.61. The molecule has 6 heteroatoms. The largest absolute Gasteiger partial charge is 0.406 e. The van der Waals surface area contributed by atoms with Crippen LogP contribution in [0.25, 0.3) is 0 Å². The maximum atomic E-state index is 13.9. The molecule has 19 heavy (non-hydrogen) atoms. The molecule has 0 aromatic heterocycles. The smallest absolute Gasteiger partial charge is 0.222 e. The molecule has 1 atom stereocenters. The number of benzene rings is 1. The average Bonchev–Trinajstić information content (AvgIpc) is 2.62. The van der Waals surface area contributed by atoms with Crippen LogP contribution in [0, 0.1) is 23.3 Å². The van der Waals surface area contributed by atoms with Gasteiger partial charge in [-0.1, -0.05) is 19.8 Å². The lowest BCUT2D eigenvalue weighted by Gasteiger charge is -2.18. The molecular weight excluding hydrogens is 276 g/mol. The van der Waals surface area contributed by atoms with Crippen LogP contribution in [0.15, 0.2) is 0 Å². The van der Waals surface area contributed by atoms with Gasteiger partial charge in [0.1, 0.15) is 0 Å². The quantitative estimate of drug-likeness (QED) is 0.355. The van der Waals surface area contributed by atoms with Crippen LogP contribution in [0.1, 0.15) is 37.9 Å². The first-order chi connectivity index (χ1) is 8.81. The lowest BCUT2D eigenvalue weighted by atomic mass is 10.0. The molecular formula is C13H16F4OSi. The highest BCUT2D eigenvalue weighted by Gasteiger charge is 2.46. The summed E-state index contributed by atoms with van der Waals surface area (Å²) in [6.45, 7) is 5.29. The second-order valence-corrected chi connectivity index (χ2v) is 9.06. The summed E-state index contributed by atoms with van der Waals surface area (Å²) in [5.74, 6) is -6.07. The summed E-state index contributed by atoms with van der Waals surface area (Å²) in [6, 6.07) is 0. The Bertz CT molecular complexity index is 516. The van der Waals surface area contributed by atoms with Crippen molar-refractivity contribution >= 4 is 13.5 Å². The van der Waals surface area contributed by atoms with E-state index < -0.39 is 37.7 Å². The van der Waals surface area contributed by atoms with E-state index in [1.54, 1.807) is 13.1 Å². The Labute approximate surface area is 110 Å². The van der Waals surface area contributed by atoms with E-state index in [1.165, 1.54) is 0 Å². The molecule has 0 N–H and O–H groups in total. The Hall–Kier alpha value is -0.883. The maximum absolute atomic E-state index is 13.9. The molecule has 2 rings (SSSR count). The third-order valence-corrected chi connectivity index (χ3v) is 6.05. The SMILES string of the molecule is CCCCC1O[Si](C)(C)c2c(F)c(F)c(F)c(F)c21. The van der Waals surface area contributed by atoms with Crippen molar-refractivity contribution in [3.63, 3.8) is 0 Å². The van der Waals surface area contributed by atoms with Gasteiger partial charge in [0, 0.05) is 10.8 Å². The van der Waals surface area contributed by atoms with Crippen molar-refractivity contribution in [2.24, 2.45) is 0 Å². The monoisotopic (exact) mass is 292 g/mol. The number of hydrogen-bond acceptors (Lipinski definition) is 1. The van der Waals surface area contributed by atoms with E-state index in [4.69, 9.17) is 4.43 Å². The molecule has 0 saturated heterocycles. The van der Waals surface area contributed by atoms with Crippen molar-refractivity contribution in [2.45, 2.75) is 45.4 Å². The zero-order chi connectivity index (χ0) is 14.4. The molecule has 0 spiro atoms. The van der Waals surface area contributed by atoms with Crippen molar-refractivity contribution < 1.29 is 22.0 Å². The van der Waals surface area contributed by atoms with Gasteiger partial charge in [0.25, 0.3) is 0 Å². The fourth-order valence-electron chi connectivity index (χ4n) is 2.61. The number of unbranched alkanes of at least 4 members (excludes halogenated alkanes) is 1. The maximum Gasteiger partial charge on any atom is 0.222 e. The minimum absolute atomic E-state index is 0.0648. The van der Waals surface area contributed by atoms with Crippen molar-refractivity contribution in [3.8, 4) is 0 Å². The van der Waals surface area contributed by atoms with Gasteiger partial charge in [-0.3, -0.25) is 0 Å². The molecule has 106 valence electrons. The zero-order valence-electron chi connectivity index (χ0n) is 11.1. The summed E-state index contributed by atoms with van der Waals surface area (Å²) >= 11 is 0. The highest BCUT2D eigenvalue weighted by Crippen LogP contribution is 2.37. The average molecular weight is 292 g/mol. The van der Waals surface area contributed by atoms with E-state index in [1.807, 2.05) is 6.92 Å². The summed E-state index contributed by atoms with van der Waals surface area (Å²) in [4.78, 5) is 0. The van der Waals surface area contributed by atoms with Gasteiger partial charge in [-0.25, -0.2) is 17.6 Å². The first kappa shape index (κ1) is 14.5. The van der Waals surface area contributed by atoms with Crippen molar-refractivity contribution in [3.05, 3.63) is 28.8 Å². The third kappa shape index (κ3) is 2.21. The molecule has 0 bridgehead atoms. The summed E-state index contributed by atoms with van der Waals surface area (Å²) in [6.07, 6.45) is 1.45. The van der Waals surface area contributed by atoms with Gasteiger partial charge in [0.15, 0.2) is 23.3 Å². The first-order valence-corrected chi connectivity index (χ1v) is 9.26. The van der Waals surface area contributed by atoms with Crippen molar-refractivity contribution in [1.29, 1.82) is 0 Å². The van der Waals surface area contributed by atoms with E-state index in [-0.39, 0.29) is 10.8 Å². The van der Waals surface area contributed by atoms with E-state index in [0.717, 1.165) is 12.8 Å². The Morgan fingerprint density at radius 2 is 1.58 bits per heavy atom. The van der Waals surface area contributed by atoms with Gasteiger partial charge in [0.2, 0.25) is 8.32 Å². The van der Waals surface area contributed by atoms with E-state index in [2.05, 4.69) is 0 Å². The molecule has 0 amide bonds. The van der Waals surface area contributed by atoms with E-state index in [9.17, 15) is 17.6 Å². The van der Waals surface area contributed by atoms with Gasteiger partial charge in [-0.05, 0) is 19.5 Å². The van der Waals surface area contributed by atoms with Crippen LogP contribution in [0.4, 0.5) is 17.6 Å². The molecule has 1 aliphatic heterocycles. The summed E-state index contributed by atoms with van der Waals surface area (Å²) < 4.78 is 60.3. The highest BCUT2D eigenvalue weighted by atomic mass is 28.4. The lowest BCUT2D eigenvalue weighted by molar-refractivity contribution is 0.195. The molecule has 1 unspecified atom stereocenters. The van der Waals surface area contributed by atoms with Gasteiger partial charge in [0.05, 0.1) is 6.10 Å². The molecule has 0 radical (unpaired) electrons. The zero-order valence-corrected chi connectivity index (χ0v) is 12.1. The van der Waals surface area contributed by atoms with Gasteiger partial charge >= 0.3 is 0 Å². The minimum atomic E-state index is -2.73. The van der Waals surface area contributed by atoms with Crippen LogP contribution < -0.4 is 5.19 Å². The van der Waals surface area contributed by atoms with E-state index in [0.29, 0.717) is 6.42 Å². The number of fused-ring (bicyclic) bond motifs is 1. The topological polar surface area (TPSA) is 9.23 Å². The predicted octanol–water partition coefficient (Wildman–Crippen LogP) is 3.92. The highest BCUT2D eigenvalue weighted by molar-refractivity contribution is 6.85. The Kier molecular flexibility index (Phi) is 3.75. The molecule has 0 fully saturated rings. The number of halogens is 4. The van der Waals surface area contributed by atoms with Crippen LogP contribution in [0.3, 0.4) is 0 Å². The van der Waals surface area contributed by atoms with Gasteiger partial charge < -0.3 is 4.43 Å². The molecule has 1 heterocycles. The van der Waals surface area contributed by atoms with Gasteiger partial charge in [-0.2, -0.15) is 0 Å². The Morgan fingerprint density at radius 1 is 1.00 bits per heavy atom. The number of rotatable bonds is 3. The Morgan fingerprint density at radius 3 is 2.16 bits per heavy atom. The normalized spacial score (nSPS) is 20.7. The molecule has 1 aromatic carbocycles. The molecule has 1 nitrogen and oxygen atoms in total. The first-order valence-electron chi connectivity index (χ1n) is 6.35. The molecule has 0 saturated carbocycles. The molecule has 1 aromatic rings. The predicted molar refractivity (Wildman–Crippen MR) is 66.7 cm³/mol. The van der Waals surface area contributed by atoms with Crippen LogP contribution >= 0.6 is 0 Å². The van der Waals surface area contributed by atoms with Crippen LogP contribution in [-0.2, 0) is 4.43 Å². The van der Waals surface area contributed by atoms with Crippen LogP contribution in [-0.4, -0.2) is 8.32 Å². The number of hydrogen-bond donors (Lipinski definition) is 0. The fraction of sp³-hybridized carbons (Fsp3) is 0.538. The molecule has 0 aliphatic carbocycles. The second kappa shape index (κ2) is 4.90. The fourth-order valence-corrected chi connectivity index (χ4v) is 5.23. The van der Waals surface area contributed by atoms with Crippen molar-refractivity contribution in [2.75, 3.05) is 0 Å². The van der Waals surface area contributed by atoms with E-state index >= 15 is 0 Å². The van der Waals surface area contributed by atoms with Crippen molar-refractivity contribution in [1.82, 2.24) is 0 Å². The third-order valence-electron chi connectivity index (χ3n) is 3.48. The summed E-state index contributed by atoms with van der Waals surface area (Å²) in [5.41, 5.74) is -0.110. The lowest BCUT2D eigenvalue weighted by Crippen LogP contribution is -2.43. The van der Waals surface area contributed by atoms with Crippen LogP contribution in [0.5, 0.6) is 0 Å². The minimum Gasteiger partial charge on any atom is -0.406 e. The van der Waals surface area contributed by atoms with Gasteiger partial charge in [-0.15, -0.1) is 0 Å². The standard InChI is InChI=1S/C13H16F4OSi/c1-4-5-6-7-8-9(14)10(15)11(16)12(17)13(8)19(2,3)18-7/h7H,4-6H2,1-3H3.